The molecule has 0 amide bonds. The van der Waals surface area contributed by atoms with Crippen LogP contribution in [0.1, 0.15) is 25.5 Å². The van der Waals surface area contributed by atoms with E-state index < -0.39 is 0 Å². The normalized spacial score (nSPS) is 11.3. The SMILES string of the molecule is CC(C)c1cc(=O)c(O)cn1-c1cccc(-c2ccc3nccn3c2)c1. The first-order valence-electron chi connectivity index (χ1n) is 8.52. The number of aromatic hydroxyl groups is 1. The van der Waals surface area contributed by atoms with Gasteiger partial charge in [0.05, 0.1) is 6.20 Å². The molecular formula is C21H19N3O2. The van der Waals surface area contributed by atoms with Crippen LogP contribution >= 0.6 is 0 Å². The number of imidazole rings is 1. The molecule has 3 aromatic heterocycles. The maximum absolute atomic E-state index is 11.8. The first kappa shape index (κ1) is 16.1. The fraction of sp³-hybridized carbons (Fsp3) is 0.143. The molecule has 0 atom stereocenters. The summed E-state index contributed by atoms with van der Waals surface area (Å²) in [4.78, 5) is 16.1. The minimum atomic E-state index is -0.355. The van der Waals surface area contributed by atoms with E-state index in [0.29, 0.717) is 0 Å². The van der Waals surface area contributed by atoms with Crippen LogP contribution in [0.4, 0.5) is 0 Å². The van der Waals surface area contributed by atoms with Gasteiger partial charge in [0.15, 0.2) is 5.75 Å². The Morgan fingerprint density at radius 3 is 2.69 bits per heavy atom. The predicted octanol–water partition coefficient (Wildman–Crippen LogP) is 3.98. The Labute approximate surface area is 150 Å². The molecule has 1 N–H and O–H groups in total. The summed E-state index contributed by atoms with van der Waals surface area (Å²) in [6.07, 6.45) is 7.22. The van der Waals surface area contributed by atoms with Crippen molar-refractivity contribution in [3.8, 4) is 22.6 Å². The lowest BCUT2D eigenvalue weighted by atomic mass is 10.1. The summed E-state index contributed by atoms with van der Waals surface area (Å²) in [7, 11) is 0. The number of nitrogens with zero attached hydrogens (tertiary/aromatic N) is 3. The van der Waals surface area contributed by atoms with E-state index in [1.807, 2.05) is 71.6 Å². The molecular weight excluding hydrogens is 326 g/mol. The van der Waals surface area contributed by atoms with E-state index in [1.54, 1.807) is 6.20 Å². The fourth-order valence-corrected chi connectivity index (χ4v) is 3.13. The maximum Gasteiger partial charge on any atom is 0.223 e. The van der Waals surface area contributed by atoms with Gasteiger partial charge in [0.25, 0.3) is 0 Å². The Kier molecular flexibility index (Phi) is 3.84. The van der Waals surface area contributed by atoms with Crippen molar-refractivity contribution in [2.45, 2.75) is 19.8 Å². The third kappa shape index (κ3) is 2.77. The molecule has 4 rings (SSSR count). The van der Waals surface area contributed by atoms with Crippen molar-refractivity contribution in [2.75, 3.05) is 0 Å². The van der Waals surface area contributed by atoms with Crippen LogP contribution in [0.25, 0.3) is 22.5 Å². The zero-order valence-electron chi connectivity index (χ0n) is 14.6. The largest absolute Gasteiger partial charge is 0.503 e. The van der Waals surface area contributed by atoms with Crippen LogP contribution in [0.15, 0.2) is 72.0 Å². The van der Waals surface area contributed by atoms with Crippen molar-refractivity contribution in [1.82, 2.24) is 14.0 Å². The van der Waals surface area contributed by atoms with Crippen molar-refractivity contribution in [1.29, 1.82) is 0 Å². The highest BCUT2D eigenvalue weighted by atomic mass is 16.3. The molecule has 4 aromatic rings. The lowest BCUT2D eigenvalue weighted by molar-refractivity contribution is 0.463. The van der Waals surface area contributed by atoms with Gasteiger partial charge in [-0.3, -0.25) is 4.79 Å². The number of pyridine rings is 2. The Morgan fingerprint density at radius 1 is 1.04 bits per heavy atom. The molecule has 0 aliphatic rings. The second-order valence-corrected chi connectivity index (χ2v) is 6.63. The molecule has 0 radical (unpaired) electrons. The molecule has 0 fully saturated rings. The second kappa shape index (κ2) is 6.19. The van der Waals surface area contributed by atoms with Gasteiger partial charge in [-0.05, 0) is 41.3 Å². The Balaban J connectivity index is 1.86. The van der Waals surface area contributed by atoms with Crippen LogP contribution < -0.4 is 5.43 Å². The molecule has 0 saturated heterocycles. The van der Waals surface area contributed by atoms with Gasteiger partial charge in [0.2, 0.25) is 5.43 Å². The summed E-state index contributed by atoms with van der Waals surface area (Å²) in [6, 6.07) is 13.6. The average Bonchev–Trinajstić information content (AvgIpc) is 3.11. The Morgan fingerprint density at radius 2 is 1.88 bits per heavy atom. The number of benzene rings is 1. The number of hydrogen-bond donors (Lipinski definition) is 1. The molecule has 0 unspecified atom stereocenters. The highest BCUT2D eigenvalue weighted by Gasteiger charge is 2.11. The zero-order valence-corrected chi connectivity index (χ0v) is 14.6. The number of rotatable bonds is 3. The molecule has 26 heavy (non-hydrogen) atoms. The van der Waals surface area contributed by atoms with Crippen LogP contribution in [0, 0.1) is 0 Å². The summed E-state index contributed by atoms with van der Waals surface area (Å²) in [5, 5.41) is 9.91. The summed E-state index contributed by atoms with van der Waals surface area (Å²) in [6.45, 7) is 4.05. The molecule has 5 heteroatoms. The number of fused-ring (bicyclic) bond motifs is 1. The summed E-state index contributed by atoms with van der Waals surface area (Å²) in [5.74, 6) is -0.103. The van der Waals surface area contributed by atoms with Crippen molar-refractivity contribution in [3.05, 3.63) is 83.2 Å². The molecule has 3 heterocycles. The minimum Gasteiger partial charge on any atom is -0.503 e. The van der Waals surface area contributed by atoms with E-state index in [9.17, 15) is 9.90 Å². The van der Waals surface area contributed by atoms with Crippen LogP contribution in [0.2, 0.25) is 0 Å². The highest BCUT2D eigenvalue weighted by Crippen LogP contribution is 2.25. The summed E-state index contributed by atoms with van der Waals surface area (Å²) >= 11 is 0. The quantitative estimate of drug-likeness (QED) is 0.611. The zero-order chi connectivity index (χ0) is 18.3. The van der Waals surface area contributed by atoms with E-state index in [0.717, 1.165) is 28.2 Å². The summed E-state index contributed by atoms with van der Waals surface area (Å²) in [5.41, 5.74) is 4.41. The number of aromatic nitrogens is 3. The number of hydrogen-bond acceptors (Lipinski definition) is 3. The fourth-order valence-electron chi connectivity index (χ4n) is 3.13. The van der Waals surface area contributed by atoms with Gasteiger partial charge >= 0.3 is 0 Å². The predicted molar refractivity (Wildman–Crippen MR) is 102 cm³/mol. The second-order valence-electron chi connectivity index (χ2n) is 6.63. The minimum absolute atomic E-state index is 0.147. The molecule has 130 valence electrons. The first-order valence-corrected chi connectivity index (χ1v) is 8.52. The molecule has 1 aromatic carbocycles. The van der Waals surface area contributed by atoms with Crippen LogP contribution in [0.5, 0.6) is 5.75 Å². The molecule has 0 spiro atoms. The average molecular weight is 345 g/mol. The summed E-state index contributed by atoms with van der Waals surface area (Å²) < 4.78 is 3.85. The van der Waals surface area contributed by atoms with E-state index in [-0.39, 0.29) is 17.1 Å². The van der Waals surface area contributed by atoms with Crippen molar-refractivity contribution < 1.29 is 5.11 Å². The third-order valence-corrected chi connectivity index (χ3v) is 4.50. The first-order chi connectivity index (χ1) is 12.5. The molecule has 5 nitrogen and oxygen atoms in total. The van der Waals surface area contributed by atoms with E-state index in [4.69, 9.17) is 0 Å². The Bertz CT molecular complexity index is 1160. The lowest BCUT2D eigenvalue weighted by Crippen LogP contribution is -2.12. The van der Waals surface area contributed by atoms with Crippen LogP contribution in [-0.4, -0.2) is 19.1 Å². The standard InChI is InChI=1S/C21H19N3O2/c1-14(2)18-11-19(25)20(26)13-24(18)17-5-3-4-15(10-17)16-6-7-21-22-8-9-23(21)12-16/h3-14,26H,1-2H3. The van der Waals surface area contributed by atoms with Gasteiger partial charge < -0.3 is 14.1 Å². The molecule has 0 aliphatic carbocycles. The van der Waals surface area contributed by atoms with Crippen molar-refractivity contribution in [3.63, 3.8) is 0 Å². The topological polar surface area (TPSA) is 59.5 Å². The van der Waals surface area contributed by atoms with Gasteiger partial charge in [0, 0.05) is 36.0 Å². The van der Waals surface area contributed by atoms with Gasteiger partial charge in [-0.1, -0.05) is 26.0 Å². The van der Waals surface area contributed by atoms with E-state index in [1.165, 1.54) is 12.3 Å². The van der Waals surface area contributed by atoms with Gasteiger partial charge in [-0.25, -0.2) is 4.98 Å². The highest BCUT2D eigenvalue weighted by molar-refractivity contribution is 5.67. The van der Waals surface area contributed by atoms with E-state index in [2.05, 4.69) is 4.98 Å². The van der Waals surface area contributed by atoms with Crippen molar-refractivity contribution >= 4 is 5.65 Å². The van der Waals surface area contributed by atoms with E-state index >= 15 is 0 Å². The van der Waals surface area contributed by atoms with Crippen LogP contribution in [0.3, 0.4) is 0 Å². The van der Waals surface area contributed by atoms with Gasteiger partial charge in [-0.15, -0.1) is 0 Å². The molecule has 0 saturated carbocycles. The van der Waals surface area contributed by atoms with Gasteiger partial charge in [-0.2, -0.15) is 0 Å². The smallest absolute Gasteiger partial charge is 0.223 e. The maximum atomic E-state index is 11.8. The van der Waals surface area contributed by atoms with Crippen molar-refractivity contribution in [2.24, 2.45) is 0 Å². The Hall–Kier alpha value is -3.34. The van der Waals surface area contributed by atoms with Crippen LogP contribution in [-0.2, 0) is 0 Å². The molecule has 0 bridgehead atoms. The monoisotopic (exact) mass is 345 g/mol. The van der Waals surface area contributed by atoms with Gasteiger partial charge in [0.1, 0.15) is 5.65 Å². The molecule has 0 aliphatic heterocycles. The third-order valence-electron chi connectivity index (χ3n) is 4.50. The lowest BCUT2D eigenvalue weighted by Gasteiger charge is -2.17.